The molecule has 6 nitrogen and oxygen atoms in total. The fourth-order valence-electron chi connectivity index (χ4n) is 2.38. The quantitative estimate of drug-likeness (QED) is 0.717. The molecular formula is C21H23FN2O4. The number of halogens is 1. The van der Waals surface area contributed by atoms with Crippen molar-refractivity contribution >= 4 is 23.5 Å². The Morgan fingerprint density at radius 3 is 2.18 bits per heavy atom. The van der Waals surface area contributed by atoms with Gasteiger partial charge in [0.15, 0.2) is 6.61 Å². The normalized spacial score (nSPS) is 11.6. The zero-order chi connectivity index (χ0) is 20.7. The predicted molar refractivity (Wildman–Crippen MR) is 103 cm³/mol. The number of ether oxygens (including phenoxy) is 1. The van der Waals surface area contributed by atoms with Crippen LogP contribution in [0.4, 0.5) is 10.1 Å². The Bertz CT molecular complexity index is 832. The van der Waals surface area contributed by atoms with Gasteiger partial charge in [0.2, 0.25) is 0 Å². The predicted octanol–water partition coefficient (Wildman–Crippen LogP) is 3.07. The molecule has 0 bridgehead atoms. The molecule has 0 fully saturated rings. The number of hydrogen-bond acceptors (Lipinski definition) is 4. The van der Waals surface area contributed by atoms with E-state index in [-0.39, 0.29) is 11.5 Å². The zero-order valence-corrected chi connectivity index (χ0v) is 16.0. The lowest BCUT2D eigenvalue weighted by molar-refractivity contribution is -0.150. The second kappa shape index (κ2) is 9.64. The second-order valence-corrected chi connectivity index (χ2v) is 6.72. The summed E-state index contributed by atoms with van der Waals surface area (Å²) in [5.74, 6) is -2.46. The molecule has 7 heteroatoms. The number of hydrogen-bond donors (Lipinski definition) is 2. The van der Waals surface area contributed by atoms with Gasteiger partial charge in [-0.1, -0.05) is 31.5 Å². The molecule has 2 aromatic rings. The Balaban J connectivity index is 1.91. The van der Waals surface area contributed by atoms with Crippen LogP contribution in [0.2, 0.25) is 0 Å². The maximum absolute atomic E-state index is 13.0. The van der Waals surface area contributed by atoms with Gasteiger partial charge < -0.3 is 15.4 Å². The summed E-state index contributed by atoms with van der Waals surface area (Å²) in [6, 6.07) is 11.2. The van der Waals surface area contributed by atoms with Gasteiger partial charge in [0, 0.05) is 11.3 Å². The summed E-state index contributed by atoms with van der Waals surface area (Å²) in [6.07, 6.45) is 0. The number of benzene rings is 2. The summed E-state index contributed by atoms with van der Waals surface area (Å²) in [6.45, 7) is 4.94. The summed E-state index contributed by atoms with van der Waals surface area (Å²) in [4.78, 5) is 36.6. The van der Waals surface area contributed by atoms with Crippen molar-refractivity contribution in [1.82, 2.24) is 5.32 Å². The third-order valence-electron chi connectivity index (χ3n) is 3.99. The van der Waals surface area contributed by atoms with Crippen LogP contribution < -0.4 is 10.6 Å². The van der Waals surface area contributed by atoms with Gasteiger partial charge in [-0.2, -0.15) is 0 Å². The van der Waals surface area contributed by atoms with Gasteiger partial charge in [-0.15, -0.1) is 0 Å². The Morgan fingerprint density at radius 1 is 1.00 bits per heavy atom. The summed E-state index contributed by atoms with van der Waals surface area (Å²) in [7, 11) is 0. The molecule has 0 heterocycles. The van der Waals surface area contributed by atoms with E-state index in [1.54, 1.807) is 26.0 Å². The lowest BCUT2D eigenvalue weighted by Crippen LogP contribution is -2.45. The summed E-state index contributed by atoms with van der Waals surface area (Å²) in [5.41, 5.74) is 1.87. The van der Waals surface area contributed by atoms with E-state index in [2.05, 4.69) is 10.6 Å². The van der Waals surface area contributed by atoms with E-state index in [9.17, 15) is 18.8 Å². The van der Waals surface area contributed by atoms with E-state index in [1.807, 2.05) is 19.1 Å². The molecule has 0 spiro atoms. The minimum atomic E-state index is -0.940. The molecule has 148 valence electrons. The molecule has 28 heavy (non-hydrogen) atoms. The number of carbonyl (C=O) groups is 3. The van der Waals surface area contributed by atoms with E-state index >= 15 is 0 Å². The Morgan fingerprint density at radius 2 is 1.61 bits per heavy atom. The molecule has 0 aliphatic rings. The number of rotatable bonds is 7. The van der Waals surface area contributed by atoms with Crippen LogP contribution >= 0.6 is 0 Å². The smallest absolute Gasteiger partial charge is 0.329 e. The van der Waals surface area contributed by atoms with Crippen LogP contribution in [-0.4, -0.2) is 30.4 Å². The first-order chi connectivity index (χ1) is 13.3. The molecule has 1 atom stereocenters. The minimum Gasteiger partial charge on any atom is -0.454 e. The van der Waals surface area contributed by atoms with E-state index in [0.29, 0.717) is 5.69 Å². The average Bonchev–Trinajstić information content (AvgIpc) is 2.66. The van der Waals surface area contributed by atoms with Crippen LogP contribution in [0.25, 0.3) is 0 Å². The van der Waals surface area contributed by atoms with Crippen LogP contribution in [-0.2, 0) is 14.3 Å². The largest absolute Gasteiger partial charge is 0.454 e. The molecule has 0 aliphatic heterocycles. The highest BCUT2D eigenvalue weighted by molar-refractivity contribution is 5.97. The molecule has 2 amide bonds. The third-order valence-corrected chi connectivity index (χ3v) is 3.99. The van der Waals surface area contributed by atoms with Crippen LogP contribution in [0, 0.1) is 18.7 Å². The summed E-state index contributed by atoms with van der Waals surface area (Å²) in [5, 5.41) is 5.19. The van der Waals surface area contributed by atoms with Crippen LogP contribution in [0.3, 0.4) is 0 Å². The van der Waals surface area contributed by atoms with Gasteiger partial charge in [0.05, 0.1) is 0 Å². The van der Waals surface area contributed by atoms with Gasteiger partial charge in [-0.25, -0.2) is 9.18 Å². The number of amides is 2. The lowest BCUT2D eigenvalue weighted by Gasteiger charge is -2.20. The lowest BCUT2D eigenvalue weighted by atomic mass is 10.0. The molecule has 2 aromatic carbocycles. The van der Waals surface area contributed by atoms with Gasteiger partial charge in [-0.3, -0.25) is 9.59 Å². The molecule has 0 aliphatic carbocycles. The SMILES string of the molecule is Cc1ccc(NC(=O)COC(=O)[C@@H](NC(=O)c2ccc(F)cc2)C(C)C)cc1. The second-order valence-electron chi connectivity index (χ2n) is 6.72. The first-order valence-corrected chi connectivity index (χ1v) is 8.86. The van der Waals surface area contributed by atoms with Crippen molar-refractivity contribution in [1.29, 1.82) is 0 Å². The van der Waals surface area contributed by atoms with Gasteiger partial charge in [-0.05, 0) is 49.2 Å². The van der Waals surface area contributed by atoms with Crippen LogP contribution in [0.5, 0.6) is 0 Å². The summed E-state index contributed by atoms with van der Waals surface area (Å²) >= 11 is 0. The minimum absolute atomic E-state index is 0.219. The first kappa shape index (κ1) is 21.1. The number of carbonyl (C=O) groups excluding carboxylic acids is 3. The zero-order valence-electron chi connectivity index (χ0n) is 16.0. The van der Waals surface area contributed by atoms with Gasteiger partial charge in [0.1, 0.15) is 11.9 Å². The Labute approximate surface area is 163 Å². The van der Waals surface area contributed by atoms with Crippen molar-refractivity contribution < 1.29 is 23.5 Å². The van der Waals surface area contributed by atoms with E-state index in [0.717, 1.165) is 17.7 Å². The first-order valence-electron chi connectivity index (χ1n) is 8.86. The van der Waals surface area contributed by atoms with Crippen molar-refractivity contribution in [2.45, 2.75) is 26.8 Å². The topological polar surface area (TPSA) is 84.5 Å². The number of nitrogens with one attached hydrogen (secondary N) is 2. The molecule has 2 rings (SSSR count). The Hall–Kier alpha value is -3.22. The highest BCUT2D eigenvalue weighted by atomic mass is 19.1. The van der Waals surface area contributed by atoms with Gasteiger partial charge in [0.25, 0.3) is 11.8 Å². The standard InChI is InChI=1S/C21H23FN2O4/c1-13(2)19(24-20(26)15-6-8-16(22)9-7-15)21(27)28-12-18(25)23-17-10-4-14(3)5-11-17/h4-11,13,19H,12H2,1-3H3,(H,23,25)(H,24,26)/t19-/m0/s1. The highest BCUT2D eigenvalue weighted by Gasteiger charge is 2.26. The van der Waals surface area contributed by atoms with Gasteiger partial charge >= 0.3 is 5.97 Å². The number of anilines is 1. The Kier molecular flexibility index (Phi) is 7.26. The van der Waals surface area contributed by atoms with E-state index in [4.69, 9.17) is 4.74 Å². The monoisotopic (exact) mass is 386 g/mol. The third kappa shape index (κ3) is 6.19. The molecule has 0 unspecified atom stereocenters. The van der Waals surface area contributed by atoms with E-state index in [1.165, 1.54) is 12.1 Å². The molecule has 2 N–H and O–H groups in total. The molecule has 0 saturated heterocycles. The van der Waals surface area contributed by atoms with Crippen LogP contribution in [0.1, 0.15) is 29.8 Å². The summed E-state index contributed by atoms with van der Waals surface area (Å²) < 4.78 is 18.0. The van der Waals surface area contributed by atoms with Crippen molar-refractivity contribution in [3.63, 3.8) is 0 Å². The number of aryl methyl sites for hydroxylation is 1. The molecule has 0 radical (unpaired) electrons. The van der Waals surface area contributed by atoms with E-state index < -0.39 is 36.2 Å². The maximum atomic E-state index is 13.0. The number of esters is 1. The molecule has 0 aromatic heterocycles. The maximum Gasteiger partial charge on any atom is 0.329 e. The van der Waals surface area contributed by atoms with Crippen LogP contribution in [0.15, 0.2) is 48.5 Å². The molecule has 0 saturated carbocycles. The van der Waals surface area contributed by atoms with Crippen molar-refractivity contribution in [2.75, 3.05) is 11.9 Å². The average molecular weight is 386 g/mol. The van der Waals surface area contributed by atoms with Crippen molar-refractivity contribution in [2.24, 2.45) is 5.92 Å². The van der Waals surface area contributed by atoms with Crippen molar-refractivity contribution in [3.8, 4) is 0 Å². The van der Waals surface area contributed by atoms with Crippen molar-refractivity contribution in [3.05, 3.63) is 65.5 Å². The fourth-order valence-corrected chi connectivity index (χ4v) is 2.38. The highest BCUT2D eigenvalue weighted by Crippen LogP contribution is 2.10. The fraction of sp³-hybridized carbons (Fsp3) is 0.286. The molecular weight excluding hydrogens is 363 g/mol.